The van der Waals surface area contributed by atoms with E-state index in [0.717, 1.165) is 51.5 Å². The van der Waals surface area contributed by atoms with Gasteiger partial charge in [-0.25, -0.2) is 0 Å². The Balaban J connectivity index is 1.62. The van der Waals surface area contributed by atoms with E-state index < -0.39 is 0 Å². The highest BCUT2D eigenvalue weighted by atomic mass is 16.5. The lowest BCUT2D eigenvalue weighted by atomic mass is 9.96. The molecule has 7 nitrogen and oxygen atoms in total. The highest BCUT2D eigenvalue weighted by Crippen LogP contribution is 2.18. The van der Waals surface area contributed by atoms with Gasteiger partial charge in [-0.2, -0.15) is 0 Å². The fourth-order valence-corrected chi connectivity index (χ4v) is 3.36. The first-order chi connectivity index (χ1) is 12.9. The first-order valence-corrected chi connectivity index (χ1v) is 10.4. The third-order valence-corrected chi connectivity index (χ3v) is 5.12. The van der Waals surface area contributed by atoms with Crippen LogP contribution in [0, 0.1) is 5.41 Å². The summed E-state index contributed by atoms with van der Waals surface area (Å²) in [6.45, 7) is 10.5. The van der Waals surface area contributed by atoms with Crippen LogP contribution in [0.25, 0.3) is 0 Å². The Bertz CT molecular complexity index is 476. The summed E-state index contributed by atoms with van der Waals surface area (Å²) >= 11 is 0. The van der Waals surface area contributed by atoms with E-state index in [2.05, 4.69) is 20.5 Å². The summed E-state index contributed by atoms with van der Waals surface area (Å²) in [6.07, 6.45) is 6.18. The summed E-state index contributed by atoms with van der Waals surface area (Å²) in [6, 6.07) is 0. The molecular weight excluding hydrogens is 344 g/mol. The molecular formula is C20H38N4O3. The van der Waals surface area contributed by atoms with Gasteiger partial charge in [-0.15, -0.1) is 0 Å². The normalized spacial score (nSPS) is 22.6. The van der Waals surface area contributed by atoms with E-state index in [1.807, 2.05) is 20.8 Å². The van der Waals surface area contributed by atoms with Gasteiger partial charge in [0.05, 0.1) is 18.8 Å². The smallest absolute Gasteiger partial charge is 0.225 e. The zero-order valence-corrected chi connectivity index (χ0v) is 17.6. The molecule has 0 saturated carbocycles. The summed E-state index contributed by atoms with van der Waals surface area (Å²) in [5, 5.41) is 6.30. The molecule has 1 unspecified atom stereocenters. The molecule has 2 aliphatic rings. The molecule has 2 fully saturated rings. The summed E-state index contributed by atoms with van der Waals surface area (Å²) < 4.78 is 11.8. The number of ether oxygens (including phenoxy) is 2. The molecule has 27 heavy (non-hydrogen) atoms. The molecule has 0 aromatic heterocycles. The van der Waals surface area contributed by atoms with Crippen LogP contribution in [-0.4, -0.2) is 75.4 Å². The van der Waals surface area contributed by atoms with Crippen molar-refractivity contribution in [1.82, 2.24) is 15.5 Å². The number of guanidine groups is 1. The monoisotopic (exact) mass is 382 g/mol. The Kier molecular flexibility index (Phi) is 8.83. The van der Waals surface area contributed by atoms with E-state index in [4.69, 9.17) is 9.47 Å². The van der Waals surface area contributed by atoms with Crippen LogP contribution in [0.2, 0.25) is 0 Å². The van der Waals surface area contributed by atoms with Gasteiger partial charge >= 0.3 is 0 Å². The van der Waals surface area contributed by atoms with E-state index in [-0.39, 0.29) is 17.4 Å². The van der Waals surface area contributed by atoms with Crippen molar-refractivity contribution in [2.45, 2.75) is 65.1 Å². The molecule has 7 heteroatoms. The molecule has 0 radical (unpaired) electrons. The Hall–Kier alpha value is -1.34. The van der Waals surface area contributed by atoms with Crippen molar-refractivity contribution in [1.29, 1.82) is 0 Å². The topological polar surface area (TPSA) is 75.2 Å². The lowest BCUT2D eigenvalue weighted by Gasteiger charge is -2.35. The van der Waals surface area contributed by atoms with Crippen LogP contribution in [0.3, 0.4) is 0 Å². The second-order valence-corrected chi connectivity index (χ2v) is 8.49. The number of carbonyl (C=O) groups excluding carboxylic acids is 1. The van der Waals surface area contributed by atoms with Crippen molar-refractivity contribution in [3.8, 4) is 0 Å². The molecule has 2 saturated heterocycles. The Morgan fingerprint density at radius 2 is 1.85 bits per heavy atom. The van der Waals surface area contributed by atoms with Gasteiger partial charge in [0, 0.05) is 45.2 Å². The number of nitrogens with one attached hydrogen (secondary N) is 2. The average Bonchev–Trinajstić information content (AvgIpc) is 2.67. The van der Waals surface area contributed by atoms with Crippen LogP contribution in [0.5, 0.6) is 0 Å². The maximum atomic E-state index is 11.9. The number of rotatable bonds is 6. The van der Waals surface area contributed by atoms with Gasteiger partial charge in [-0.3, -0.25) is 9.79 Å². The second kappa shape index (κ2) is 10.9. The standard InChI is InChI=1S/C20H38N4O3/c1-20(2,3)18(25)22-10-11-23-19(21-4)24-12-8-16(9-13-24)27-15-17-7-5-6-14-26-17/h16-17H,5-15H2,1-4H3,(H,21,23)(H,22,25). The van der Waals surface area contributed by atoms with Gasteiger partial charge in [0.1, 0.15) is 0 Å². The first-order valence-electron chi connectivity index (χ1n) is 10.4. The molecule has 2 aliphatic heterocycles. The molecule has 0 aromatic rings. The van der Waals surface area contributed by atoms with Crippen LogP contribution in [0.4, 0.5) is 0 Å². The number of aliphatic imine (C=N–C) groups is 1. The number of hydrogen-bond acceptors (Lipinski definition) is 4. The second-order valence-electron chi connectivity index (χ2n) is 8.49. The third kappa shape index (κ3) is 7.66. The summed E-state index contributed by atoms with van der Waals surface area (Å²) in [5.74, 6) is 0.966. The molecule has 1 atom stereocenters. The minimum atomic E-state index is -0.355. The molecule has 2 rings (SSSR count). The molecule has 156 valence electrons. The summed E-state index contributed by atoms with van der Waals surface area (Å²) in [7, 11) is 1.80. The van der Waals surface area contributed by atoms with Gasteiger partial charge in [-0.1, -0.05) is 20.8 Å². The molecule has 0 aliphatic carbocycles. The van der Waals surface area contributed by atoms with Crippen molar-refractivity contribution in [2.24, 2.45) is 10.4 Å². The van der Waals surface area contributed by atoms with Gasteiger partial charge in [0.15, 0.2) is 5.96 Å². The minimum Gasteiger partial charge on any atom is -0.376 e. The Morgan fingerprint density at radius 1 is 1.15 bits per heavy atom. The van der Waals surface area contributed by atoms with Gasteiger partial charge < -0.3 is 25.0 Å². The van der Waals surface area contributed by atoms with Gasteiger partial charge in [0.25, 0.3) is 0 Å². The highest BCUT2D eigenvalue weighted by molar-refractivity contribution is 5.82. The first kappa shape index (κ1) is 22.0. The quantitative estimate of drug-likeness (QED) is 0.416. The van der Waals surface area contributed by atoms with E-state index in [0.29, 0.717) is 19.2 Å². The van der Waals surface area contributed by atoms with Crippen molar-refractivity contribution in [3.63, 3.8) is 0 Å². The minimum absolute atomic E-state index is 0.0687. The van der Waals surface area contributed by atoms with Crippen LogP contribution in [0.15, 0.2) is 4.99 Å². The molecule has 0 bridgehead atoms. The van der Waals surface area contributed by atoms with Crippen molar-refractivity contribution < 1.29 is 14.3 Å². The number of piperidine rings is 1. The lowest BCUT2D eigenvalue weighted by Crippen LogP contribution is -2.49. The highest BCUT2D eigenvalue weighted by Gasteiger charge is 2.24. The molecule has 2 N–H and O–H groups in total. The van der Waals surface area contributed by atoms with E-state index >= 15 is 0 Å². The number of nitrogens with zero attached hydrogens (tertiary/aromatic N) is 2. The maximum absolute atomic E-state index is 11.9. The zero-order chi connectivity index (χ0) is 19.7. The third-order valence-electron chi connectivity index (χ3n) is 5.12. The predicted molar refractivity (Wildman–Crippen MR) is 108 cm³/mol. The number of hydrogen-bond donors (Lipinski definition) is 2. The number of likely N-dealkylation sites (tertiary alicyclic amines) is 1. The van der Waals surface area contributed by atoms with E-state index in [1.165, 1.54) is 12.8 Å². The average molecular weight is 383 g/mol. The number of amides is 1. The number of carbonyl (C=O) groups is 1. The van der Waals surface area contributed by atoms with E-state index in [1.54, 1.807) is 7.05 Å². The molecule has 2 heterocycles. The summed E-state index contributed by atoms with van der Waals surface area (Å²) in [4.78, 5) is 18.5. The zero-order valence-electron chi connectivity index (χ0n) is 17.6. The van der Waals surface area contributed by atoms with Crippen LogP contribution < -0.4 is 10.6 Å². The fraction of sp³-hybridized carbons (Fsp3) is 0.900. The molecule has 0 aromatic carbocycles. The molecule has 0 spiro atoms. The Labute approximate surface area is 164 Å². The van der Waals surface area contributed by atoms with Crippen molar-refractivity contribution in [3.05, 3.63) is 0 Å². The Morgan fingerprint density at radius 3 is 2.44 bits per heavy atom. The van der Waals surface area contributed by atoms with Crippen LogP contribution in [-0.2, 0) is 14.3 Å². The summed E-state index contributed by atoms with van der Waals surface area (Å²) in [5.41, 5.74) is -0.355. The van der Waals surface area contributed by atoms with Crippen molar-refractivity contribution in [2.75, 3.05) is 46.4 Å². The van der Waals surface area contributed by atoms with Crippen molar-refractivity contribution >= 4 is 11.9 Å². The predicted octanol–water partition coefficient (Wildman–Crippen LogP) is 1.77. The van der Waals surface area contributed by atoms with Gasteiger partial charge in [0.2, 0.25) is 5.91 Å². The van der Waals surface area contributed by atoms with Crippen LogP contribution >= 0.6 is 0 Å². The SMILES string of the molecule is CN=C(NCCNC(=O)C(C)(C)C)N1CCC(OCC2CCCCO2)CC1. The maximum Gasteiger partial charge on any atom is 0.225 e. The lowest BCUT2D eigenvalue weighted by molar-refractivity contribution is -0.128. The molecule has 1 amide bonds. The van der Waals surface area contributed by atoms with Gasteiger partial charge in [-0.05, 0) is 32.1 Å². The fourth-order valence-electron chi connectivity index (χ4n) is 3.36. The van der Waals surface area contributed by atoms with Crippen LogP contribution in [0.1, 0.15) is 52.9 Å². The largest absolute Gasteiger partial charge is 0.376 e. The van der Waals surface area contributed by atoms with E-state index in [9.17, 15) is 4.79 Å².